The van der Waals surface area contributed by atoms with Crippen LogP contribution in [0.25, 0.3) is 22.9 Å². The van der Waals surface area contributed by atoms with Crippen molar-refractivity contribution in [2.24, 2.45) is 5.92 Å². The van der Waals surface area contributed by atoms with Crippen LogP contribution in [0.5, 0.6) is 0 Å². The lowest BCUT2D eigenvalue weighted by molar-refractivity contribution is -0.124. The molecule has 0 bridgehead atoms. The third kappa shape index (κ3) is 5.72. The van der Waals surface area contributed by atoms with E-state index in [0.717, 1.165) is 68.9 Å². The molecule has 3 heterocycles. The number of carbonyl (C=O) groups is 1. The summed E-state index contributed by atoms with van der Waals surface area (Å²) in [7, 11) is 4.03. The smallest absolute Gasteiger partial charge is 0.225 e. The lowest BCUT2D eigenvalue weighted by Gasteiger charge is -2.32. The third-order valence-corrected chi connectivity index (χ3v) is 7.42. The fraction of sp³-hybridized carbons (Fsp3) is 0.500. The molecule has 2 unspecified atom stereocenters. The number of likely N-dealkylation sites (N-methyl/N-ethyl adjacent to an activating group) is 1. The molecule has 2 atom stereocenters. The molecule has 1 aliphatic carbocycles. The summed E-state index contributed by atoms with van der Waals surface area (Å²) in [6, 6.07) is 6.09. The van der Waals surface area contributed by atoms with Gasteiger partial charge in [0.15, 0.2) is 11.2 Å². The van der Waals surface area contributed by atoms with E-state index < -0.39 is 0 Å². The molecule has 2 aromatic heterocycles. The van der Waals surface area contributed by atoms with Crippen molar-refractivity contribution in [2.75, 3.05) is 64.0 Å². The second kappa shape index (κ2) is 11.2. The zero-order chi connectivity index (χ0) is 25.8. The minimum absolute atomic E-state index is 0.0175. The number of carbonyl (C=O) groups excluding carboxylic acids is 1. The van der Waals surface area contributed by atoms with Crippen molar-refractivity contribution in [2.45, 2.75) is 25.3 Å². The van der Waals surface area contributed by atoms with Crippen molar-refractivity contribution in [3.05, 3.63) is 36.5 Å². The molecule has 1 saturated heterocycles. The molecule has 11 nitrogen and oxygen atoms in total. The molecule has 3 N–H and O–H groups in total. The molecule has 3 aromatic rings. The maximum atomic E-state index is 12.7. The molecular weight excluding hydrogens is 468 g/mol. The standard InChI is InChI=1S/C26H36N10O/c1-4-18-16-21(7-8-22(18)27-2)36-24-23(32-33-36)17-29-26(31-24)30-20-6-5-19(15-20)25(37)28-9-10-35-13-11-34(3)12-14-35/h4,7-8,16-17,19-20,27H,1,5-6,9-15H2,2-3H3,(H,28,37)(H,29,30,31). The first-order valence-electron chi connectivity index (χ1n) is 13.0. The lowest BCUT2D eigenvalue weighted by Crippen LogP contribution is -2.47. The van der Waals surface area contributed by atoms with Crippen LogP contribution in [0.2, 0.25) is 0 Å². The Bertz CT molecular complexity index is 1250. The molecule has 5 rings (SSSR count). The summed E-state index contributed by atoms with van der Waals surface area (Å²) in [5.41, 5.74) is 4.04. The molecule has 1 saturated carbocycles. The van der Waals surface area contributed by atoms with Crippen LogP contribution in [0.4, 0.5) is 11.6 Å². The van der Waals surface area contributed by atoms with Gasteiger partial charge in [0.05, 0.1) is 11.9 Å². The van der Waals surface area contributed by atoms with Gasteiger partial charge in [0.2, 0.25) is 11.9 Å². The van der Waals surface area contributed by atoms with Gasteiger partial charge >= 0.3 is 0 Å². The van der Waals surface area contributed by atoms with E-state index in [1.54, 1.807) is 17.0 Å². The number of amides is 1. The van der Waals surface area contributed by atoms with Crippen molar-refractivity contribution < 1.29 is 4.79 Å². The molecule has 37 heavy (non-hydrogen) atoms. The fourth-order valence-electron chi connectivity index (χ4n) is 5.14. The second-order valence-corrected chi connectivity index (χ2v) is 9.92. The molecule has 0 spiro atoms. The summed E-state index contributed by atoms with van der Waals surface area (Å²) in [5.74, 6) is 0.692. The monoisotopic (exact) mass is 504 g/mol. The topological polar surface area (TPSA) is 116 Å². The largest absolute Gasteiger partial charge is 0.388 e. The zero-order valence-electron chi connectivity index (χ0n) is 21.7. The number of nitrogens with zero attached hydrogens (tertiary/aromatic N) is 7. The highest BCUT2D eigenvalue weighted by Gasteiger charge is 2.30. The van der Waals surface area contributed by atoms with Gasteiger partial charge in [-0.25, -0.2) is 4.98 Å². The van der Waals surface area contributed by atoms with Crippen molar-refractivity contribution in [1.29, 1.82) is 0 Å². The van der Waals surface area contributed by atoms with Gasteiger partial charge in [-0.1, -0.05) is 17.9 Å². The van der Waals surface area contributed by atoms with Gasteiger partial charge in [0, 0.05) is 64.0 Å². The van der Waals surface area contributed by atoms with E-state index in [0.29, 0.717) is 23.7 Å². The van der Waals surface area contributed by atoms with Crippen LogP contribution >= 0.6 is 0 Å². The number of benzene rings is 1. The SMILES string of the molecule is C=Cc1cc(-n2nnc3cnc(NC4CCC(C(=O)NCCN5CCN(C)CC5)C4)nc32)ccc1NC. The van der Waals surface area contributed by atoms with E-state index in [2.05, 4.69) is 54.7 Å². The predicted octanol–water partition coefficient (Wildman–Crippen LogP) is 1.84. The average Bonchev–Trinajstić information content (AvgIpc) is 3.56. The number of fused-ring (bicyclic) bond motifs is 1. The first-order valence-corrected chi connectivity index (χ1v) is 13.0. The van der Waals surface area contributed by atoms with Gasteiger partial charge in [-0.05, 0) is 50.1 Å². The average molecular weight is 505 g/mol. The van der Waals surface area contributed by atoms with Crippen LogP contribution in [0.1, 0.15) is 24.8 Å². The highest BCUT2D eigenvalue weighted by atomic mass is 16.1. The fourth-order valence-corrected chi connectivity index (χ4v) is 5.14. The highest BCUT2D eigenvalue weighted by Crippen LogP contribution is 2.28. The molecule has 196 valence electrons. The van der Waals surface area contributed by atoms with Crippen molar-refractivity contribution in [3.8, 4) is 5.69 Å². The van der Waals surface area contributed by atoms with E-state index in [-0.39, 0.29) is 17.9 Å². The van der Waals surface area contributed by atoms with Gasteiger partial charge in [-0.3, -0.25) is 9.69 Å². The van der Waals surface area contributed by atoms with Gasteiger partial charge in [0.1, 0.15) is 0 Å². The summed E-state index contributed by atoms with van der Waals surface area (Å²) >= 11 is 0. The van der Waals surface area contributed by atoms with Crippen LogP contribution in [0, 0.1) is 5.92 Å². The Morgan fingerprint density at radius 1 is 1.22 bits per heavy atom. The van der Waals surface area contributed by atoms with E-state index in [9.17, 15) is 4.79 Å². The minimum Gasteiger partial charge on any atom is -0.388 e. The number of rotatable bonds is 9. The Kier molecular flexibility index (Phi) is 7.61. The lowest BCUT2D eigenvalue weighted by atomic mass is 10.1. The normalized spacial score (nSPS) is 20.7. The molecule has 1 amide bonds. The van der Waals surface area contributed by atoms with E-state index in [1.165, 1.54) is 0 Å². The second-order valence-electron chi connectivity index (χ2n) is 9.92. The third-order valence-electron chi connectivity index (χ3n) is 7.42. The van der Waals surface area contributed by atoms with Crippen LogP contribution in [-0.4, -0.2) is 100 Å². The molecule has 11 heteroatoms. The maximum Gasteiger partial charge on any atom is 0.225 e. The van der Waals surface area contributed by atoms with Crippen molar-refractivity contribution in [3.63, 3.8) is 0 Å². The summed E-state index contributed by atoms with van der Waals surface area (Å²) in [6.45, 7) is 9.83. The summed E-state index contributed by atoms with van der Waals surface area (Å²) < 4.78 is 1.71. The number of nitrogens with one attached hydrogen (secondary N) is 3. The quantitative estimate of drug-likeness (QED) is 0.401. The van der Waals surface area contributed by atoms with E-state index in [1.807, 2.05) is 25.2 Å². The van der Waals surface area contributed by atoms with Crippen molar-refractivity contribution >= 4 is 34.8 Å². The van der Waals surface area contributed by atoms with Crippen LogP contribution in [0.15, 0.2) is 31.0 Å². The van der Waals surface area contributed by atoms with Crippen LogP contribution in [0.3, 0.4) is 0 Å². The van der Waals surface area contributed by atoms with E-state index in [4.69, 9.17) is 4.98 Å². The van der Waals surface area contributed by atoms with Crippen LogP contribution < -0.4 is 16.0 Å². The highest BCUT2D eigenvalue weighted by molar-refractivity contribution is 5.79. The van der Waals surface area contributed by atoms with E-state index >= 15 is 0 Å². The molecule has 1 aliphatic heterocycles. The summed E-state index contributed by atoms with van der Waals surface area (Å²) in [5, 5.41) is 18.3. The maximum absolute atomic E-state index is 12.7. The molecule has 1 aromatic carbocycles. The van der Waals surface area contributed by atoms with Gasteiger partial charge in [0.25, 0.3) is 0 Å². The Hall–Kier alpha value is -3.57. The van der Waals surface area contributed by atoms with Crippen molar-refractivity contribution in [1.82, 2.24) is 40.1 Å². The number of hydrogen-bond donors (Lipinski definition) is 3. The summed E-state index contributed by atoms with van der Waals surface area (Å²) in [6.07, 6.45) is 6.02. The number of anilines is 2. The number of aromatic nitrogens is 5. The number of hydrogen-bond acceptors (Lipinski definition) is 9. The first-order chi connectivity index (χ1) is 18.0. The minimum atomic E-state index is 0.0175. The van der Waals surface area contributed by atoms with Gasteiger partial charge in [-0.2, -0.15) is 9.67 Å². The Morgan fingerprint density at radius 3 is 2.84 bits per heavy atom. The Morgan fingerprint density at radius 2 is 2.05 bits per heavy atom. The molecule has 0 radical (unpaired) electrons. The molecule has 2 fully saturated rings. The van der Waals surface area contributed by atoms with Gasteiger partial charge in [-0.15, -0.1) is 5.10 Å². The summed E-state index contributed by atoms with van der Waals surface area (Å²) in [4.78, 5) is 26.7. The first kappa shape index (κ1) is 25.1. The molecule has 2 aliphatic rings. The number of piperazine rings is 1. The van der Waals surface area contributed by atoms with Crippen LogP contribution in [-0.2, 0) is 4.79 Å². The van der Waals surface area contributed by atoms with Gasteiger partial charge < -0.3 is 20.9 Å². The zero-order valence-corrected chi connectivity index (χ0v) is 21.7. The Labute approximate surface area is 217 Å². The molecular formula is C26H36N10O. The Balaban J connectivity index is 1.18. The predicted molar refractivity (Wildman–Crippen MR) is 146 cm³/mol.